The van der Waals surface area contributed by atoms with Gasteiger partial charge in [0.15, 0.2) is 5.76 Å². The van der Waals surface area contributed by atoms with Crippen molar-refractivity contribution in [3.05, 3.63) is 47.2 Å². The molecule has 1 heterocycles. The summed E-state index contributed by atoms with van der Waals surface area (Å²) in [6.07, 6.45) is 0. The van der Waals surface area contributed by atoms with Gasteiger partial charge in [-0.05, 0) is 37.6 Å². The fourth-order valence-electron chi connectivity index (χ4n) is 1.73. The van der Waals surface area contributed by atoms with Crippen molar-refractivity contribution in [3.63, 3.8) is 0 Å². The Morgan fingerprint density at radius 2 is 1.90 bits per heavy atom. The van der Waals surface area contributed by atoms with Crippen molar-refractivity contribution < 1.29 is 17.6 Å². The van der Waals surface area contributed by atoms with E-state index in [9.17, 15) is 13.2 Å². The molecule has 0 spiro atoms. The number of amides is 1. The second-order valence-corrected chi connectivity index (χ2v) is 5.93. The molecule has 106 valence electrons. The van der Waals surface area contributed by atoms with Gasteiger partial charge in [-0.2, -0.15) is 0 Å². The van der Waals surface area contributed by atoms with Crippen molar-refractivity contribution in [2.45, 2.75) is 18.9 Å². The molecule has 0 bridgehead atoms. The monoisotopic (exact) mass is 294 g/mol. The zero-order valence-electron chi connectivity index (χ0n) is 11.0. The van der Waals surface area contributed by atoms with Crippen molar-refractivity contribution in [2.75, 3.05) is 5.32 Å². The van der Waals surface area contributed by atoms with Crippen LogP contribution in [0.3, 0.4) is 0 Å². The summed E-state index contributed by atoms with van der Waals surface area (Å²) in [6, 6.07) is 7.96. The fraction of sp³-hybridized carbons (Fsp3) is 0.154. The lowest BCUT2D eigenvalue weighted by molar-refractivity contribution is 0.0991. The van der Waals surface area contributed by atoms with Crippen molar-refractivity contribution in [1.82, 2.24) is 0 Å². The molecule has 0 aliphatic rings. The summed E-state index contributed by atoms with van der Waals surface area (Å²) in [5, 5.41) is 7.12. The number of anilines is 1. The number of aryl methyl sites for hydroxylation is 2. The molecular weight excluding hydrogens is 280 g/mol. The minimum atomic E-state index is -3.95. The lowest BCUT2D eigenvalue weighted by Crippen LogP contribution is -2.13. The number of carbonyl (C=O) groups excluding carboxylic acids is 1. The first-order valence-electron chi connectivity index (χ1n) is 5.78. The summed E-state index contributed by atoms with van der Waals surface area (Å²) < 4.78 is 27.1. The molecule has 20 heavy (non-hydrogen) atoms. The van der Waals surface area contributed by atoms with Gasteiger partial charge < -0.3 is 9.73 Å². The van der Waals surface area contributed by atoms with E-state index in [4.69, 9.17) is 9.56 Å². The third-order valence-corrected chi connectivity index (χ3v) is 3.50. The second kappa shape index (κ2) is 5.10. The minimum Gasteiger partial charge on any atom is -0.438 e. The number of furan rings is 1. The minimum absolute atomic E-state index is 0.117. The molecule has 1 aromatic heterocycles. The lowest BCUT2D eigenvalue weighted by Gasteiger charge is -2.07. The summed E-state index contributed by atoms with van der Waals surface area (Å²) in [4.78, 5) is 12.0. The van der Waals surface area contributed by atoms with Gasteiger partial charge in [-0.1, -0.05) is 17.7 Å². The highest BCUT2D eigenvalue weighted by Gasteiger charge is 2.17. The van der Waals surface area contributed by atoms with E-state index in [0.717, 1.165) is 17.2 Å². The van der Waals surface area contributed by atoms with Crippen LogP contribution in [0.4, 0.5) is 5.69 Å². The number of hydrogen-bond donors (Lipinski definition) is 2. The maximum absolute atomic E-state index is 12.0. The predicted molar refractivity (Wildman–Crippen MR) is 74.0 cm³/mol. The highest BCUT2D eigenvalue weighted by Crippen LogP contribution is 2.18. The first-order valence-corrected chi connectivity index (χ1v) is 7.33. The van der Waals surface area contributed by atoms with E-state index in [-0.39, 0.29) is 5.76 Å². The molecule has 2 aromatic rings. The summed E-state index contributed by atoms with van der Waals surface area (Å²) in [5.41, 5.74) is 2.61. The van der Waals surface area contributed by atoms with Crippen LogP contribution in [0.25, 0.3) is 0 Å². The topological polar surface area (TPSA) is 102 Å². The van der Waals surface area contributed by atoms with Gasteiger partial charge in [0, 0.05) is 5.69 Å². The van der Waals surface area contributed by atoms with E-state index >= 15 is 0 Å². The number of rotatable bonds is 3. The van der Waals surface area contributed by atoms with Crippen LogP contribution in [0.15, 0.2) is 39.8 Å². The van der Waals surface area contributed by atoms with Crippen LogP contribution >= 0.6 is 0 Å². The summed E-state index contributed by atoms with van der Waals surface area (Å²) in [5.74, 6) is -0.652. The van der Waals surface area contributed by atoms with Crippen LogP contribution in [-0.4, -0.2) is 14.3 Å². The number of nitrogens with one attached hydrogen (secondary N) is 1. The zero-order chi connectivity index (χ0) is 14.9. The van der Waals surface area contributed by atoms with Crippen LogP contribution < -0.4 is 10.5 Å². The van der Waals surface area contributed by atoms with E-state index in [1.54, 1.807) is 6.07 Å². The fourth-order valence-corrected chi connectivity index (χ4v) is 2.20. The zero-order valence-corrected chi connectivity index (χ0v) is 11.8. The van der Waals surface area contributed by atoms with Crippen molar-refractivity contribution >= 4 is 21.6 Å². The summed E-state index contributed by atoms with van der Waals surface area (Å²) in [6.45, 7) is 3.81. The average molecular weight is 294 g/mol. The van der Waals surface area contributed by atoms with E-state index in [1.165, 1.54) is 6.07 Å². The number of hydrogen-bond acceptors (Lipinski definition) is 4. The van der Waals surface area contributed by atoms with Crippen LogP contribution in [0.5, 0.6) is 0 Å². The predicted octanol–water partition coefficient (Wildman–Crippen LogP) is 1.80. The third-order valence-electron chi connectivity index (χ3n) is 2.72. The highest BCUT2D eigenvalue weighted by atomic mass is 32.2. The molecule has 7 heteroatoms. The van der Waals surface area contributed by atoms with Crippen molar-refractivity contribution in [3.8, 4) is 0 Å². The Bertz CT molecular complexity index is 762. The Balaban J connectivity index is 2.22. The Morgan fingerprint density at radius 1 is 1.20 bits per heavy atom. The molecule has 0 fully saturated rings. The molecule has 1 aromatic carbocycles. The number of sulfonamides is 1. The molecule has 0 aliphatic heterocycles. The van der Waals surface area contributed by atoms with E-state index in [0.29, 0.717) is 5.69 Å². The van der Waals surface area contributed by atoms with E-state index in [1.807, 2.05) is 26.0 Å². The maximum Gasteiger partial charge on any atom is 0.291 e. The van der Waals surface area contributed by atoms with Gasteiger partial charge >= 0.3 is 0 Å². The Kier molecular flexibility index (Phi) is 3.65. The third kappa shape index (κ3) is 3.06. The van der Waals surface area contributed by atoms with Gasteiger partial charge in [-0.25, -0.2) is 13.6 Å². The largest absolute Gasteiger partial charge is 0.438 e. The normalized spacial score (nSPS) is 11.3. The van der Waals surface area contributed by atoms with Crippen molar-refractivity contribution in [2.24, 2.45) is 5.14 Å². The molecule has 3 N–H and O–H groups in total. The van der Waals surface area contributed by atoms with Crippen LogP contribution in [0, 0.1) is 13.8 Å². The molecule has 0 radical (unpaired) electrons. The second-order valence-electron chi connectivity index (χ2n) is 4.44. The van der Waals surface area contributed by atoms with Gasteiger partial charge in [-0.15, -0.1) is 0 Å². The first-order chi connectivity index (χ1) is 9.27. The molecule has 0 saturated heterocycles. The van der Waals surface area contributed by atoms with Gasteiger partial charge in [-0.3, -0.25) is 4.79 Å². The number of nitrogens with two attached hydrogens (primary N) is 1. The van der Waals surface area contributed by atoms with Gasteiger partial charge in [0.05, 0.1) is 0 Å². The van der Waals surface area contributed by atoms with Crippen LogP contribution in [-0.2, 0) is 10.0 Å². The molecule has 0 unspecified atom stereocenters. The highest BCUT2D eigenvalue weighted by molar-refractivity contribution is 7.89. The Hall–Kier alpha value is -2.12. The summed E-state index contributed by atoms with van der Waals surface area (Å²) in [7, 11) is -3.95. The summed E-state index contributed by atoms with van der Waals surface area (Å²) >= 11 is 0. The molecular formula is C13H14N2O4S. The van der Waals surface area contributed by atoms with E-state index in [2.05, 4.69) is 5.32 Å². The molecule has 0 saturated carbocycles. The lowest BCUT2D eigenvalue weighted by atomic mass is 10.1. The average Bonchev–Trinajstić information content (AvgIpc) is 2.82. The van der Waals surface area contributed by atoms with Gasteiger partial charge in [0.1, 0.15) is 0 Å². The number of carbonyl (C=O) groups is 1. The van der Waals surface area contributed by atoms with Crippen LogP contribution in [0.2, 0.25) is 0 Å². The first kappa shape index (κ1) is 14.3. The maximum atomic E-state index is 12.0. The molecule has 0 aliphatic carbocycles. The van der Waals surface area contributed by atoms with Gasteiger partial charge in [0.2, 0.25) is 5.09 Å². The number of benzene rings is 1. The van der Waals surface area contributed by atoms with Gasteiger partial charge in [0.25, 0.3) is 15.9 Å². The van der Waals surface area contributed by atoms with E-state index < -0.39 is 21.0 Å². The molecule has 0 atom stereocenters. The molecule has 6 nitrogen and oxygen atoms in total. The Labute approximate surface area is 116 Å². The molecule has 2 rings (SSSR count). The smallest absolute Gasteiger partial charge is 0.291 e. The standard InChI is InChI=1S/C13H14N2O4S/c1-8-3-4-10(9(2)7-8)15-13(16)11-5-6-12(19-11)20(14,17)18/h3-7H,1-2H3,(H,15,16)(H2,14,17,18). The number of primary sulfonamides is 1. The van der Waals surface area contributed by atoms with Crippen LogP contribution in [0.1, 0.15) is 21.7 Å². The quantitative estimate of drug-likeness (QED) is 0.900. The molecule has 1 amide bonds. The van der Waals surface area contributed by atoms with Crippen molar-refractivity contribution in [1.29, 1.82) is 0 Å². The Morgan fingerprint density at radius 3 is 2.45 bits per heavy atom. The SMILES string of the molecule is Cc1ccc(NC(=O)c2ccc(S(N)(=O)=O)o2)c(C)c1.